The van der Waals surface area contributed by atoms with Crippen LogP contribution in [0, 0.1) is 5.92 Å². The van der Waals surface area contributed by atoms with Crippen LogP contribution >= 0.6 is 23.5 Å². The van der Waals surface area contributed by atoms with Crippen LogP contribution in [0.3, 0.4) is 0 Å². The molecule has 3 aliphatic heterocycles. The third kappa shape index (κ3) is 3.77. The monoisotopic (exact) mass is 421 g/mol. The molecule has 0 unspecified atom stereocenters. The molecule has 0 aromatic carbocycles. The predicted molar refractivity (Wildman–Crippen MR) is 114 cm³/mol. The quantitative estimate of drug-likeness (QED) is 0.669. The van der Waals surface area contributed by atoms with E-state index in [1.165, 1.54) is 4.24 Å². The highest BCUT2D eigenvalue weighted by atomic mass is 32.2. The Balaban J connectivity index is 1.22. The molecule has 152 valence electrons. The second-order valence-electron chi connectivity index (χ2n) is 7.32. The number of piperazine rings is 1. The molecule has 3 atom stereocenters. The summed E-state index contributed by atoms with van der Waals surface area (Å²) >= 11 is 3.59. The van der Waals surface area contributed by atoms with E-state index in [4.69, 9.17) is 0 Å². The standard InChI is InChI=1S/C19H27N5O2S2/c1-3-14(25)15-16(26)24-13(2)18(28-17(15)24)27-12-11-22-7-9-23(10-8-22)19-20-5-4-6-21-19/h4-6,14-15,17,25H,3,7-12H2,1-2H3/t14-,15+,17+/m0/s1. The number of hydrogen-bond donors (Lipinski definition) is 1. The third-order valence-electron chi connectivity index (χ3n) is 5.65. The summed E-state index contributed by atoms with van der Waals surface area (Å²) in [7, 11) is 0. The zero-order valence-corrected chi connectivity index (χ0v) is 18.0. The van der Waals surface area contributed by atoms with Crippen molar-refractivity contribution < 1.29 is 9.90 Å². The van der Waals surface area contributed by atoms with Crippen LogP contribution in [-0.2, 0) is 4.79 Å². The Hall–Kier alpha value is -1.29. The van der Waals surface area contributed by atoms with E-state index < -0.39 is 6.10 Å². The smallest absolute Gasteiger partial charge is 0.236 e. The summed E-state index contributed by atoms with van der Waals surface area (Å²) in [6.45, 7) is 8.92. The maximum Gasteiger partial charge on any atom is 0.236 e. The number of allylic oxidation sites excluding steroid dienone is 1. The van der Waals surface area contributed by atoms with Crippen molar-refractivity contribution in [2.45, 2.75) is 31.7 Å². The minimum Gasteiger partial charge on any atom is -0.392 e. The van der Waals surface area contributed by atoms with Crippen molar-refractivity contribution in [3.8, 4) is 0 Å². The maximum absolute atomic E-state index is 12.4. The zero-order valence-electron chi connectivity index (χ0n) is 16.3. The van der Waals surface area contributed by atoms with Crippen molar-refractivity contribution in [3.63, 3.8) is 0 Å². The zero-order chi connectivity index (χ0) is 19.7. The van der Waals surface area contributed by atoms with Gasteiger partial charge in [0, 0.05) is 56.6 Å². The second kappa shape index (κ2) is 8.61. The minimum atomic E-state index is -0.525. The van der Waals surface area contributed by atoms with Crippen LogP contribution in [0.2, 0.25) is 0 Å². The highest BCUT2D eigenvalue weighted by Crippen LogP contribution is 2.53. The number of anilines is 1. The summed E-state index contributed by atoms with van der Waals surface area (Å²) < 4.78 is 1.24. The molecule has 0 radical (unpaired) electrons. The van der Waals surface area contributed by atoms with Crippen LogP contribution in [0.5, 0.6) is 0 Å². The molecular formula is C19H27N5O2S2. The normalized spacial score (nSPS) is 26.5. The largest absolute Gasteiger partial charge is 0.392 e. The van der Waals surface area contributed by atoms with E-state index in [2.05, 4.69) is 19.8 Å². The SMILES string of the molecule is CC[C@H](O)[C@@H]1C(=O)N2C(C)=C(SCCN3CCN(c4ncccn4)CC3)S[C@H]12. The van der Waals surface area contributed by atoms with E-state index in [9.17, 15) is 9.90 Å². The molecule has 0 bridgehead atoms. The van der Waals surface area contributed by atoms with Gasteiger partial charge in [0.2, 0.25) is 11.9 Å². The molecule has 1 aromatic heterocycles. The molecule has 2 saturated heterocycles. The lowest BCUT2D eigenvalue weighted by molar-refractivity contribution is -0.153. The summed E-state index contributed by atoms with van der Waals surface area (Å²) in [5, 5.41) is 10.2. The van der Waals surface area contributed by atoms with Gasteiger partial charge < -0.3 is 14.9 Å². The molecule has 0 aliphatic carbocycles. The first-order valence-corrected chi connectivity index (χ1v) is 11.7. The molecular weight excluding hydrogens is 394 g/mol. The minimum absolute atomic E-state index is 0.0826. The summed E-state index contributed by atoms with van der Waals surface area (Å²) in [5.74, 6) is 1.67. The molecule has 1 N–H and O–H groups in total. The number of carbonyl (C=O) groups excluding carboxylic acids is 1. The Bertz CT molecular complexity index is 739. The Kier molecular flexibility index (Phi) is 6.15. The number of aliphatic hydroxyl groups excluding tert-OH is 1. The first kappa shape index (κ1) is 20.0. The van der Waals surface area contributed by atoms with Gasteiger partial charge in [-0.05, 0) is 19.4 Å². The number of nitrogens with zero attached hydrogens (tertiary/aromatic N) is 5. The number of hydrogen-bond acceptors (Lipinski definition) is 8. The van der Waals surface area contributed by atoms with Crippen molar-refractivity contribution in [3.05, 3.63) is 28.4 Å². The van der Waals surface area contributed by atoms with E-state index in [1.807, 2.05) is 36.6 Å². The molecule has 28 heavy (non-hydrogen) atoms. The van der Waals surface area contributed by atoms with Crippen LogP contribution in [0.1, 0.15) is 20.3 Å². The predicted octanol–water partition coefficient (Wildman–Crippen LogP) is 1.82. The van der Waals surface area contributed by atoms with Gasteiger partial charge >= 0.3 is 0 Å². The Morgan fingerprint density at radius 2 is 2.00 bits per heavy atom. The van der Waals surface area contributed by atoms with Crippen LogP contribution in [0.4, 0.5) is 5.95 Å². The third-order valence-corrected chi connectivity index (χ3v) is 8.49. The van der Waals surface area contributed by atoms with Gasteiger partial charge in [0.05, 0.1) is 16.3 Å². The highest BCUT2D eigenvalue weighted by molar-refractivity contribution is 8.22. The van der Waals surface area contributed by atoms with Crippen molar-refractivity contribution in [2.75, 3.05) is 43.4 Å². The number of thioether (sulfide) groups is 2. The molecule has 7 nitrogen and oxygen atoms in total. The fourth-order valence-corrected chi connectivity index (χ4v) is 6.86. The van der Waals surface area contributed by atoms with E-state index in [-0.39, 0.29) is 17.2 Å². The lowest BCUT2D eigenvalue weighted by Gasteiger charge is -2.44. The number of carbonyl (C=O) groups is 1. The summed E-state index contributed by atoms with van der Waals surface area (Å²) in [6.07, 6.45) is 3.68. The number of amides is 1. The Morgan fingerprint density at radius 1 is 1.29 bits per heavy atom. The summed E-state index contributed by atoms with van der Waals surface area (Å²) in [5.41, 5.74) is 1.07. The average molecular weight is 422 g/mol. The number of fused-ring (bicyclic) bond motifs is 1. The van der Waals surface area contributed by atoms with Crippen molar-refractivity contribution in [1.82, 2.24) is 19.8 Å². The van der Waals surface area contributed by atoms with Gasteiger partial charge in [-0.15, -0.1) is 11.8 Å². The molecule has 9 heteroatoms. The first-order valence-electron chi connectivity index (χ1n) is 9.86. The first-order chi connectivity index (χ1) is 13.6. The Morgan fingerprint density at radius 3 is 2.68 bits per heavy atom. The molecule has 4 heterocycles. The van der Waals surface area contributed by atoms with Crippen molar-refractivity contribution in [1.29, 1.82) is 0 Å². The van der Waals surface area contributed by atoms with Gasteiger partial charge in [-0.3, -0.25) is 9.69 Å². The fourth-order valence-electron chi connectivity index (χ4n) is 3.90. The maximum atomic E-state index is 12.4. The van der Waals surface area contributed by atoms with Gasteiger partial charge in [-0.25, -0.2) is 9.97 Å². The molecule has 4 rings (SSSR count). The van der Waals surface area contributed by atoms with Crippen molar-refractivity contribution in [2.24, 2.45) is 5.92 Å². The number of aliphatic hydroxyl groups is 1. The second-order valence-corrected chi connectivity index (χ2v) is 9.81. The highest BCUT2D eigenvalue weighted by Gasteiger charge is 2.55. The van der Waals surface area contributed by atoms with Crippen molar-refractivity contribution >= 4 is 35.4 Å². The van der Waals surface area contributed by atoms with Crippen LogP contribution in [0.25, 0.3) is 0 Å². The number of β-lactam (4-membered cyclic amide) rings is 1. The van der Waals surface area contributed by atoms with Crippen LogP contribution in [0.15, 0.2) is 28.4 Å². The van der Waals surface area contributed by atoms with E-state index in [1.54, 1.807) is 24.2 Å². The lowest BCUT2D eigenvalue weighted by Crippen LogP contribution is -2.60. The van der Waals surface area contributed by atoms with E-state index in [0.29, 0.717) is 6.42 Å². The summed E-state index contributed by atoms with van der Waals surface area (Å²) in [4.78, 5) is 27.6. The fraction of sp³-hybridized carbons (Fsp3) is 0.632. The van der Waals surface area contributed by atoms with Crippen LogP contribution in [-0.4, -0.2) is 80.7 Å². The average Bonchev–Trinajstić information content (AvgIpc) is 3.00. The molecule has 0 saturated carbocycles. The molecule has 1 aromatic rings. The van der Waals surface area contributed by atoms with Gasteiger partial charge in [-0.2, -0.15) is 0 Å². The lowest BCUT2D eigenvalue weighted by atomic mass is 9.90. The van der Waals surface area contributed by atoms with Gasteiger partial charge in [0.1, 0.15) is 5.37 Å². The molecule has 3 aliphatic rings. The Labute approximate surface area is 174 Å². The van der Waals surface area contributed by atoms with Crippen LogP contribution < -0.4 is 4.90 Å². The molecule has 2 fully saturated rings. The molecule has 0 spiro atoms. The number of rotatable bonds is 7. The summed E-state index contributed by atoms with van der Waals surface area (Å²) in [6, 6.07) is 1.84. The van der Waals surface area contributed by atoms with E-state index >= 15 is 0 Å². The topological polar surface area (TPSA) is 72.8 Å². The van der Waals surface area contributed by atoms with Gasteiger partial charge in [-0.1, -0.05) is 18.7 Å². The molecule has 1 amide bonds. The van der Waals surface area contributed by atoms with Gasteiger partial charge in [0.25, 0.3) is 0 Å². The van der Waals surface area contributed by atoms with E-state index in [0.717, 1.165) is 50.1 Å². The number of aromatic nitrogens is 2. The van der Waals surface area contributed by atoms with Gasteiger partial charge in [0.15, 0.2) is 0 Å².